The fraction of sp³-hybridized carbons (Fsp3) is 0.533. The van der Waals surface area contributed by atoms with Crippen molar-refractivity contribution < 1.29 is 9.53 Å². The molecule has 0 aliphatic carbocycles. The van der Waals surface area contributed by atoms with Crippen LogP contribution in [0.25, 0.3) is 0 Å². The highest BCUT2D eigenvalue weighted by Gasteiger charge is 2.11. The van der Waals surface area contributed by atoms with Crippen LogP contribution in [0.4, 0.5) is 0 Å². The van der Waals surface area contributed by atoms with Gasteiger partial charge in [0, 0.05) is 5.92 Å². The zero-order valence-corrected chi connectivity index (χ0v) is 11.8. The van der Waals surface area contributed by atoms with Crippen LogP contribution in [-0.2, 0) is 4.79 Å². The molecule has 1 aromatic carbocycles. The minimum absolute atomic E-state index is 0.0162. The number of hydrogen-bond acceptors (Lipinski definition) is 3. The second kappa shape index (κ2) is 8.53. The molecule has 0 saturated carbocycles. The number of aryl methyl sites for hydroxylation is 1. The third kappa shape index (κ3) is 6.25. The first-order chi connectivity index (χ1) is 9.13. The van der Waals surface area contributed by atoms with E-state index in [1.165, 1.54) is 0 Å². The van der Waals surface area contributed by atoms with Gasteiger partial charge in [-0.3, -0.25) is 4.79 Å². The third-order valence-corrected chi connectivity index (χ3v) is 2.95. The van der Waals surface area contributed by atoms with Gasteiger partial charge in [-0.2, -0.15) is 0 Å². The zero-order chi connectivity index (χ0) is 14.1. The molecule has 0 heterocycles. The van der Waals surface area contributed by atoms with Crippen LogP contribution in [0.15, 0.2) is 24.3 Å². The molecule has 0 radical (unpaired) electrons. The molecule has 0 fully saturated rings. The largest absolute Gasteiger partial charge is 0.492 e. The van der Waals surface area contributed by atoms with Crippen molar-refractivity contribution in [2.75, 3.05) is 19.7 Å². The highest BCUT2D eigenvalue weighted by molar-refractivity contribution is 5.78. The van der Waals surface area contributed by atoms with Crippen LogP contribution in [0.1, 0.15) is 25.3 Å². The molecule has 0 aliphatic heterocycles. The number of benzene rings is 1. The Morgan fingerprint density at radius 1 is 1.47 bits per heavy atom. The van der Waals surface area contributed by atoms with Gasteiger partial charge in [0.05, 0.1) is 6.54 Å². The van der Waals surface area contributed by atoms with Crippen LogP contribution >= 0.6 is 0 Å². The first-order valence-corrected chi connectivity index (χ1v) is 6.80. The second-order valence-electron chi connectivity index (χ2n) is 4.79. The standard InChI is InChI=1S/C15H24N2O2/c1-12-5-3-7-14(11-12)19-10-9-17-15(18)13(2)6-4-8-16/h3,5,7,11,13H,4,6,8-10,16H2,1-2H3,(H,17,18). The van der Waals surface area contributed by atoms with Crippen LogP contribution in [0.3, 0.4) is 0 Å². The second-order valence-corrected chi connectivity index (χ2v) is 4.79. The Balaban J connectivity index is 2.18. The Labute approximate surface area is 115 Å². The Hall–Kier alpha value is -1.55. The van der Waals surface area contributed by atoms with E-state index in [4.69, 9.17) is 10.5 Å². The number of amides is 1. The van der Waals surface area contributed by atoms with Gasteiger partial charge in [0.2, 0.25) is 5.91 Å². The number of carbonyl (C=O) groups is 1. The van der Waals surface area contributed by atoms with Gasteiger partial charge < -0.3 is 15.8 Å². The smallest absolute Gasteiger partial charge is 0.222 e. The average Bonchev–Trinajstić information content (AvgIpc) is 2.40. The number of hydrogen-bond donors (Lipinski definition) is 2. The van der Waals surface area contributed by atoms with Crippen LogP contribution in [-0.4, -0.2) is 25.6 Å². The summed E-state index contributed by atoms with van der Waals surface area (Å²) in [5.41, 5.74) is 6.59. The van der Waals surface area contributed by atoms with Crippen molar-refractivity contribution in [2.45, 2.75) is 26.7 Å². The van der Waals surface area contributed by atoms with E-state index < -0.39 is 0 Å². The zero-order valence-electron chi connectivity index (χ0n) is 11.8. The quantitative estimate of drug-likeness (QED) is 0.704. The summed E-state index contributed by atoms with van der Waals surface area (Å²) in [7, 11) is 0. The summed E-state index contributed by atoms with van der Waals surface area (Å²) in [6.45, 7) is 5.59. The van der Waals surface area contributed by atoms with Gasteiger partial charge in [0.15, 0.2) is 0 Å². The van der Waals surface area contributed by atoms with Gasteiger partial charge >= 0.3 is 0 Å². The highest BCUT2D eigenvalue weighted by Crippen LogP contribution is 2.11. The Morgan fingerprint density at radius 2 is 2.26 bits per heavy atom. The van der Waals surface area contributed by atoms with Crippen LogP contribution in [0, 0.1) is 12.8 Å². The van der Waals surface area contributed by atoms with Gasteiger partial charge in [-0.15, -0.1) is 0 Å². The van der Waals surface area contributed by atoms with Gasteiger partial charge in [0.25, 0.3) is 0 Å². The lowest BCUT2D eigenvalue weighted by molar-refractivity contribution is -0.124. The summed E-state index contributed by atoms with van der Waals surface area (Å²) >= 11 is 0. The molecule has 1 amide bonds. The van der Waals surface area contributed by atoms with Crippen LogP contribution in [0.2, 0.25) is 0 Å². The summed E-state index contributed by atoms with van der Waals surface area (Å²) in [4.78, 5) is 11.7. The van der Waals surface area contributed by atoms with Crippen molar-refractivity contribution >= 4 is 5.91 Å². The maximum Gasteiger partial charge on any atom is 0.222 e. The maximum atomic E-state index is 11.7. The SMILES string of the molecule is Cc1cccc(OCCNC(=O)C(C)CCCN)c1. The summed E-state index contributed by atoms with van der Waals surface area (Å²) in [6.07, 6.45) is 1.72. The number of carbonyl (C=O) groups excluding carboxylic acids is 1. The Kier molecular flexibility index (Phi) is 6.97. The summed E-state index contributed by atoms with van der Waals surface area (Å²) in [5.74, 6) is 0.925. The summed E-state index contributed by atoms with van der Waals surface area (Å²) in [6, 6.07) is 7.87. The number of rotatable bonds is 8. The predicted octanol–water partition coefficient (Wildman–Crippen LogP) is 1.87. The minimum Gasteiger partial charge on any atom is -0.492 e. The molecule has 1 atom stereocenters. The molecule has 0 aliphatic rings. The molecule has 106 valence electrons. The molecule has 3 N–H and O–H groups in total. The first kappa shape index (κ1) is 15.5. The van der Waals surface area contributed by atoms with Gasteiger partial charge in [0.1, 0.15) is 12.4 Å². The number of nitrogens with one attached hydrogen (secondary N) is 1. The number of ether oxygens (including phenoxy) is 1. The van der Waals surface area contributed by atoms with Gasteiger partial charge in [-0.1, -0.05) is 19.1 Å². The van der Waals surface area contributed by atoms with Crippen molar-refractivity contribution in [3.63, 3.8) is 0 Å². The molecule has 1 rings (SSSR count). The van der Waals surface area contributed by atoms with Crippen molar-refractivity contribution in [1.82, 2.24) is 5.32 Å². The van der Waals surface area contributed by atoms with Crippen molar-refractivity contribution in [3.8, 4) is 5.75 Å². The Morgan fingerprint density at radius 3 is 2.95 bits per heavy atom. The van der Waals surface area contributed by atoms with Crippen molar-refractivity contribution in [1.29, 1.82) is 0 Å². The Bertz CT molecular complexity index is 393. The lowest BCUT2D eigenvalue weighted by Gasteiger charge is -2.12. The molecule has 0 spiro atoms. The average molecular weight is 264 g/mol. The van der Waals surface area contributed by atoms with E-state index in [2.05, 4.69) is 5.32 Å². The molecule has 4 heteroatoms. The van der Waals surface area contributed by atoms with E-state index in [-0.39, 0.29) is 11.8 Å². The lowest BCUT2D eigenvalue weighted by Crippen LogP contribution is -2.32. The molecule has 0 aromatic heterocycles. The molecule has 0 saturated heterocycles. The molecular formula is C15H24N2O2. The number of nitrogens with two attached hydrogens (primary N) is 1. The molecule has 0 bridgehead atoms. The minimum atomic E-state index is 0.0162. The molecule has 1 aromatic rings. The van der Waals surface area contributed by atoms with Crippen LogP contribution < -0.4 is 15.8 Å². The van der Waals surface area contributed by atoms with E-state index in [9.17, 15) is 4.79 Å². The fourth-order valence-electron chi connectivity index (χ4n) is 1.78. The van der Waals surface area contributed by atoms with E-state index in [1.54, 1.807) is 0 Å². The van der Waals surface area contributed by atoms with Gasteiger partial charge in [-0.05, 0) is 44.0 Å². The van der Waals surface area contributed by atoms with Gasteiger partial charge in [-0.25, -0.2) is 0 Å². The normalized spacial score (nSPS) is 11.9. The van der Waals surface area contributed by atoms with E-state index in [0.717, 1.165) is 24.2 Å². The molecule has 19 heavy (non-hydrogen) atoms. The summed E-state index contributed by atoms with van der Waals surface area (Å²) < 4.78 is 5.56. The molecule has 4 nitrogen and oxygen atoms in total. The van der Waals surface area contributed by atoms with E-state index >= 15 is 0 Å². The summed E-state index contributed by atoms with van der Waals surface area (Å²) in [5, 5.41) is 2.87. The lowest BCUT2D eigenvalue weighted by atomic mass is 10.1. The maximum absolute atomic E-state index is 11.7. The highest BCUT2D eigenvalue weighted by atomic mass is 16.5. The fourth-order valence-corrected chi connectivity index (χ4v) is 1.78. The topological polar surface area (TPSA) is 64.3 Å². The first-order valence-electron chi connectivity index (χ1n) is 6.80. The van der Waals surface area contributed by atoms with Crippen LogP contribution in [0.5, 0.6) is 5.75 Å². The van der Waals surface area contributed by atoms with E-state index in [1.807, 2.05) is 38.1 Å². The van der Waals surface area contributed by atoms with Crippen molar-refractivity contribution in [2.24, 2.45) is 11.7 Å². The van der Waals surface area contributed by atoms with Crippen molar-refractivity contribution in [3.05, 3.63) is 29.8 Å². The molecule has 1 unspecified atom stereocenters. The predicted molar refractivity (Wildman–Crippen MR) is 77.1 cm³/mol. The molecular weight excluding hydrogens is 240 g/mol. The van der Waals surface area contributed by atoms with E-state index in [0.29, 0.717) is 19.7 Å². The third-order valence-electron chi connectivity index (χ3n) is 2.95. The monoisotopic (exact) mass is 264 g/mol.